The highest BCUT2D eigenvalue weighted by Crippen LogP contribution is 2.29. The van der Waals surface area contributed by atoms with Crippen LogP contribution in [-0.2, 0) is 22.4 Å². The van der Waals surface area contributed by atoms with Crippen LogP contribution in [0.25, 0.3) is 0 Å². The molecule has 4 atom stereocenters. The molecule has 0 aromatic heterocycles. The minimum Gasteiger partial charge on any atom is -0.490 e. The smallest absolute Gasteiger partial charge is 0.222 e. The Balaban J connectivity index is 1.50. The van der Waals surface area contributed by atoms with Gasteiger partial charge in [0.15, 0.2) is 0 Å². The van der Waals surface area contributed by atoms with Crippen LogP contribution in [0.4, 0.5) is 0 Å². The monoisotopic (exact) mass is 349 g/mol. The Morgan fingerprint density at radius 1 is 1.32 bits per heavy atom. The second-order valence-corrected chi connectivity index (χ2v) is 7.20. The molecule has 6 nitrogen and oxygen atoms in total. The Labute approximate surface area is 148 Å². The summed E-state index contributed by atoms with van der Waals surface area (Å²) in [5.41, 5.74) is 2.34. The summed E-state index contributed by atoms with van der Waals surface area (Å²) in [6.45, 7) is 2.94. The average molecular weight is 349 g/mol. The van der Waals surface area contributed by atoms with Gasteiger partial charge in [0.1, 0.15) is 18.0 Å². The molecule has 0 spiro atoms. The summed E-state index contributed by atoms with van der Waals surface area (Å²) in [6, 6.07) is 6.12. The Hall–Kier alpha value is -1.63. The van der Waals surface area contributed by atoms with E-state index in [9.17, 15) is 15.0 Å². The van der Waals surface area contributed by atoms with E-state index in [1.807, 2.05) is 12.1 Å². The highest BCUT2D eigenvalue weighted by atomic mass is 16.5. The zero-order valence-corrected chi connectivity index (χ0v) is 14.9. The molecule has 6 heteroatoms. The number of ether oxygens (including phenoxy) is 2. The Morgan fingerprint density at radius 2 is 2.12 bits per heavy atom. The first-order valence-corrected chi connectivity index (χ1v) is 8.90. The molecule has 3 rings (SSSR count). The average Bonchev–Trinajstić information content (AvgIpc) is 2.96. The summed E-state index contributed by atoms with van der Waals surface area (Å²) < 4.78 is 11.0. The van der Waals surface area contributed by atoms with Crippen LogP contribution in [0.1, 0.15) is 24.5 Å². The molecule has 25 heavy (non-hydrogen) atoms. The number of rotatable bonds is 5. The van der Waals surface area contributed by atoms with Gasteiger partial charge in [0, 0.05) is 32.4 Å². The third-order valence-electron chi connectivity index (χ3n) is 5.02. The lowest BCUT2D eigenvalue weighted by atomic mass is 9.96. The fourth-order valence-electron chi connectivity index (χ4n) is 3.54. The topological polar surface area (TPSA) is 79.2 Å². The van der Waals surface area contributed by atoms with E-state index >= 15 is 0 Å². The molecule has 0 saturated carbocycles. The summed E-state index contributed by atoms with van der Waals surface area (Å²) >= 11 is 0. The predicted molar refractivity (Wildman–Crippen MR) is 92.5 cm³/mol. The molecule has 1 saturated heterocycles. The number of benzene rings is 1. The lowest BCUT2D eigenvalue weighted by Gasteiger charge is -2.34. The largest absolute Gasteiger partial charge is 0.490 e. The standard InChI is InChI=1S/C19H27NO5/c1-12-7-14-8-13(3-5-17(14)25-12)4-6-18(22)20(2)9-15-10-24-11-16(21)19(15)23/h3,5,8,12,15-16,19,21,23H,4,6-7,9-11H2,1-2H3/t12?,15-,16-,19+/m1/s1. The van der Waals surface area contributed by atoms with E-state index in [-0.39, 0.29) is 24.5 Å². The predicted octanol–water partition coefficient (Wildman–Crippen LogP) is 0.769. The molecule has 2 aliphatic heterocycles. The Kier molecular flexibility index (Phi) is 5.61. The van der Waals surface area contributed by atoms with Gasteiger partial charge in [0.05, 0.1) is 19.3 Å². The highest BCUT2D eigenvalue weighted by Gasteiger charge is 2.32. The molecule has 2 N–H and O–H groups in total. The van der Waals surface area contributed by atoms with Crippen LogP contribution in [0.3, 0.4) is 0 Å². The molecule has 138 valence electrons. The van der Waals surface area contributed by atoms with Crippen molar-refractivity contribution in [3.63, 3.8) is 0 Å². The molecule has 2 aliphatic rings. The highest BCUT2D eigenvalue weighted by molar-refractivity contribution is 5.76. The first kappa shape index (κ1) is 18.2. The normalized spacial score (nSPS) is 28.3. The van der Waals surface area contributed by atoms with Crippen LogP contribution in [0.2, 0.25) is 0 Å². The Morgan fingerprint density at radius 3 is 2.92 bits per heavy atom. The van der Waals surface area contributed by atoms with Crippen molar-refractivity contribution in [2.24, 2.45) is 5.92 Å². The molecule has 1 fully saturated rings. The second-order valence-electron chi connectivity index (χ2n) is 7.20. The number of hydrogen-bond donors (Lipinski definition) is 2. The van der Waals surface area contributed by atoms with Crippen molar-refractivity contribution in [2.75, 3.05) is 26.8 Å². The number of amides is 1. The van der Waals surface area contributed by atoms with E-state index in [1.54, 1.807) is 11.9 Å². The maximum Gasteiger partial charge on any atom is 0.222 e. The van der Waals surface area contributed by atoms with Crippen molar-refractivity contribution in [1.82, 2.24) is 4.90 Å². The molecule has 0 radical (unpaired) electrons. The van der Waals surface area contributed by atoms with Crippen LogP contribution in [0.15, 0.2) is 18.2 Å². The zero-order valence-electron chi connectivity index (χ0n) is 14.9. The molecule has 0 aliphatic carbocycles. The number of carbonyl (C=O) groups excluding carboxylic acids is 1. The van der Waals surface area contributed by atoms with Crippen molar-refractivity contribution >= 4 is 5.91 Å². The molecule has 1 unspecified atom stereocenters. The fourth-order valence-corrected chi connectivity index (χ4v) is 3.54. The summed E-state index contributed by atoms with van der Waals surface area (Å²) in [6.07, 6.45) is 0.507. The summed E-state index contributed by atoms with van der Waals surface area (Å²) in [4.78, 5) is 14.0. The van der Waals surface area contributed by atoms with Crippen LogP contribution >= 0.6 is 0 Å². The molecule has 1 aromatic rings. The molecular weight excluding hydrogens is 322 g/mol. The summed E-state index contributed by atoms with van der Waals surface area (Å²) in [5, 5.41) is 19.7. The summed E-state index contributed by atoms with van der Waals surface area (Å²) in [7, 11) is 1.73. The van der Waals surface area contributed by atoms with Gasteiger partial charge in [0.25, 0.3) is 0 Å². The SMILES string of the molecule is CC1Cc2cc(CCC(=O)N(C)C[C@@H]3COC[C@@H](O)[C@H]3O)ccc2O1. The van der Waals surface area contributed by atoms with E-state index < -0.39 is 12.2 Å². The third kappa shape index (κ3) is 4.32. The number of hydrogen-bond acceptors (Lipinski definition) is 5. The van der Waals surface area contributed by atoms with E-state index in [0.717, 1.165) is 17.7 Å². The number of fused-ring (bicyclic) bond motifs is 1. The van der Waals surface area contributed by atoms with Gasteiger partial charge in [-0.25, -0.2) is 0 Å². The molecule has 1 amide bonds. The van der Waals surface area contributed by atoms with Crippen LogP contribution in [-0.4, -0.2) is 66.1 Å². The quantitative estimate of drug-likeness (QED) is 0.821. The first-order valence-electron chi connectivity index (χ1n) is 8.90. The maximum atomic E-state index is 12.4. The van der Waals surface area contributed by atoms with Gasteiger partial charge in [-0.3, -0.25) is 4.79 Å². The van der Waals surface area contributed by atoms with Gasteiger partial charge < -0.3 is 24.6 Å². The van der Waals surface area contributed by atoms with Gasteiger partial charge in [-0.2, -0.15) is 0 Å². The van der Waals surface area contributed by atoms with Crippen molar-refractivity contribution in [3.05, 3.63) is 29.3 Å². The Bertz CT molecular complexity index is 620. The summed E-state index contributed by atoms with van der Waals surface area (Å²) in [5.74, 6) is 0.721. The molecule has 2 heterocycles. The van der Waals surface area contributed by atoms with Crippen molar-refractivity contribution in [2.45, 2.75) is 44.5 Å². The lowest BCUT2D eigenvalue weighted by molar-refractivity contribution is -0.140. The van der Waals surface area contributed by atoms with E-state index in [0.29, 0.717) is 26.0 Å². The number of nitrogens with zero attached hydrogens (tertiary/aromatic N) is 1. The van der Waals surface area contributed by atoms with E-state index in [1.165, 1.54) is 5.56 Å². The first-order chi connectivity index (χ1) is 11.9. The van der Waals surface area contributed by atoms with Gasteiger partial charge in [-0.05, 0) is 30.5 Å². The number of carbonyl (C=O) groups is 1. The number of aryl methyl sites for hydroxylation is 1. The van der Waals surface area contributed by atoms with Crippen molar-refractivity contribution in [1.29, 1.82) is 0 Å². The van der Waals surface area contributed by atoms with E-state index in [2.05, 4.69) is 13.0 Å². The van der Waals surface area contributed by atoms with Gasteiger partial charge in [-0.15, -0.1) is 0 Å². The fraction of sp³-hybridized carbons (Fsp3) is 0.632. The van der Waals surface area contributed by atoms with Crippen LogP contribution in [0, 0.1) is 5.92 Å². The zero-order chi connectivity index (χ0) is 18.0. The van der Waals surface area contributed by atoms with E-state index in [4.69, 9.17) is 9.47 Å². The van der Waals surface area contributed by atoms with Crippen LogP contribution < -0.4 is 4.74 Å². The third-order valence-corrected chi connectivity index (χ3v) is 5.02. The van der Waals surface area contributed by atoms with Crippen molar-refractivity contribution in [3.8, 4) is 5.75 Å². The molecule has 1 aromatic carbocycles. The van der Waals surface area contributed by atoms with Gasteiger partial charge >= 0.3 is 0 Å². The maximum absolute atomic E-state index is 12.4. The number of aliphatic hydroxyl groups is 2. The second kappa shape index (κ2) is 7.72. The van der Waals surface area contributed by atoms with Crippen LogP contribution in [0.5, 0.6) is 5.75 Å². The van der Waals surface area contributed by atoms with Crippen molar-refractivity contribution < 1.29 is 24.5 Å². The molecule has 0 bridgehead atoms. The lowest BCUT2D eigenvalue weighted by Crippen LogP contribution is -2.48. The number of aliphatic hydroxyl groups excluding tert-OH is 2. The minimum absolute atomic E-state index is 0.0254. The van der Waals surface area contributed by atoms with Gasteiger partial charge in [0.2, 0.25) is 5.91 Å². The molecular formula is C19H27NO5. The van der Waals surface area contributed by atoms with Gasteiger partial charge in [-0.1, -0.05) is 12.1 Å². The minimum atomic E-state index is -0.877.